The van der Waals surface area contributed by atoms with Crippen molar-refractivity contribution in [2.45, 2.75) is 10.9 Å². The lowest BCUT2D eigenvalue weighted by molar-refractivity contribution is 1.02. The lowest BCUT2D eigenvalue weighted by Crippen LogP contribution is -1.95. The molecule has 4 nitrogen and oxygen atoms in total. The van der Waals surface area contributed by atoms with E-state index in [4.69, 9.17) is 5.73 Å². The molecule has 0 aromatic carbocycles. The molecular weight excluding hydrogens is 264 g/mol. The van der Waals surface area contributed by atoms with Crippen LogP contribution in [0.3, 0.4) is 0 Å². The molecule has 0 saturated heterocycles. The standard InChI is InChI=1S/C12H10N4S2/c13-10-9-3-6-17-11(9)16-12(15-10)18-7-8-1-4-14-5-2-8/h1-6H,7H2,(H2,13,15,16). The molecule has 0 aliphatic carbocycles. The number of nitrogens with two attached hydrogens (primary N) is 1. The van der Waals surface area contributed by atoms with Gasteiger partial charge in [0.2, 0.25) is 0 Å². The van der Waals surface area contributed by atoms with Crippen molar-refractivity contribution in [3.8, 4) is 0 Å². The highest BCUT2D eigenvalue weighted by Crippen LogP contribution is 2.27. The molecule has 0 bridgehead atoms. The summed E-state index contributed by atoms with van der Waals surface area (Å²) in [5.41, 5.74) is 7.10. The number of thioether (sulfide) groups is 1. The van der Waals surface area contributed by atoms with Crippen LogP contribution < -0.4 is 5.73 Å². The summed E-state index contributed by atoms with van der Waals surface area (Å²) in [6.45, 7) is 0. The van der Waals surface area contributed by atoms with Crippen molar-refractivity contribution in [3.63, 3.8) is 0 Å². The second kappa shape index (κ2) is 4.91. The number of hydrogen-bond donors (Lipinski definition) is 1. The smallest absolute Gasteiger partial charge is 0.191 e. The summed E-state index contributed by atoms with van der Waals surface area (Å²) in [5, 5.41) is 3.64. The molecule has 0 aliphatic heterocycles. The van der Waals surface area contributed by atoms with E-state index in [1.807, 2.05) is 23.6 Å². The van der Waals surface area contributed by atoms with Gasteiger partial charge in [-0.15, -0.1) is 11.3 Å². The number of thiophene rings is 1. The highest BCUT2D eigenvalue weighted by Gasteiger charge is 2.06. The quantitative estimate of drug-likeness (QED) is 0.587. The van der Waals surface area contributed by atoms with E-state index in [1.54, 1.807) is 35.5 Å². The number of fused-ring (bicyclic) bond motifs is 1. The molecule has 0 atom stereocenters. The van der Waals surface area contributed by atoms with Gasteiger partial charge in [-0.3, -0.25) is 4.98 Å². The highest BCUT2D eigenvalue weighted by molar-refractivity contribution is 7.98. The van der Waals surface area contributed by atoms with Crippen molar-refractivity contribution in [3.05, 3.63) is 41.5 Å². The molecule has 0 amide bonds. The first-order valence-electron chi connectivity index (χ1n) is 5.35. The number of rotatable bonds is 3. The van der Waals surface area contributed by atoms with E-state index in [0.29, 0.717) is 5.82 Å². The monoisotopic (exact) mass is 274 g/mol. The summed E-state index contributed by atoms with van der Waals surface area (Å²) < 4.78 is 0. The zero-order chi connectivity index (χ0) is 12.4. The first-order chi connectivity index (χ1) is 8.83. The maximum atomic E-state index is 5.90. The van der Waals surface area contributed by atoms with Gasteiger partial charge in [-0.25, -0.2) is 9.97 Å². The third kappa shape index (κ3) is 2.30. The summed E-state index contributed by atoms with van der Waals surface area (Å²) in [7, 11) is 0. The molecule has 6 heteroatoms. The van der Waals surface area contributed by atoms with Crippen LogP contribution in [0.5, 0.6) is 0 Å². The number of anilines is 1. The molecule has 2 N–H and O–H groups in total. The Labute approximate surface area is 112 Å². The van der Waals surface area contributed by atoms with Crippen LogP contribution in [-0.2, 0) is 5.75 Å². The van der Waals surface area contributed by atoms with Crippen molar-refractivity contribution >= 4 is 39.1 Å². The Morgan fingerprint density at radius 1 is 1.17 bits per heavy atom. The molecule has 0 saturated carbocycles. The highest BCUT2D eigenvalue weighted by atomic mass is 32.2. The Hall–Kier alpha value is -1.66. The molecule has 0 spiro atoms. The fourth-order valence-electron chi connectivity index (χ4n) is 1.55. The van der Waals surface area contributed by atoms with Gasteiger partial charge in [-0.1, -0.05) is 11.8 Å². The van der Waals surface area contributed by atoms with Gasteiger partial charge in [0, 0.05) is 18.1 Å². The van der Waals surface area contributed by atoms with E-state index in [1.165, 1.54) is 5.56 Å². The molecule has 0 unspecified atom stereocenters. The van der Waals surface area contributed by atoms with Gasteiger partial charge in [0.1, 0.15) is 10.6 Å². The zero-order valence-electron chi connectivity index (χ0n) is 9.41. The van der Waals surface area contributed by atoms with E-state index in [-0.39, 0.29) is 0 Å². The third-order valence-electron chi connectivity index (χ3n) is 2.45. The summed E-state index contributed by atoms with van der Waals surface area (Å²) in [6.07, 6.45) is 3.57. The summed E-state index contributed by atoms with van der Waals surface area (Å²) in [6, 6.07) is 5.92. The lowest BCUT2D eigenvalue weighted by atomic mass is 10.3. The molecule has 0 fully saturated rings. The number of nitrogens with zero attached hydrogens (tertiary/aromatic N) is 3. The fraction of sp³-hybridized carbons (Fsp3) is 0.0833. The minimum Gasteiger partial charge on any atom is -0.383 e. The van der Waals surface area contributed by atoms with Crippen LogP contribution in [-0.4, -0.2) is 15.0 Å². The molecule has 90 valence electrons. The van der Waals surface area contributed by atoms with Crippen molar-refractivity contribution in [2.24, 2.45) is 0 Å². The molecule has 0 aliphatic rings. The van der Waals surface area contributed by atoms with Gasteiger partial charge in [-0.2, -0.15) is 0 Å². The Morgan fingerprint density at radius 2 is 2.00 bits per heavy atom. The van der Waals surface area contributed by atoms with Crippen LogP contribution in [0, 0.1) is 0 Å². The normalized spacial score (nSPS) is 10.9. The van der Waals surface area contributed by atoms with Crippen molar-refractivity contribution in [1.82, 2.24) is 15.0 Å². The number of aromatic nitrogens is 3. The number of nitrogen functional groups attached to an aromatic ring is 1. The Morgan fingerprint density at radius 3 is 2.83 bits per heavy atom. The van der Waals surface area contributed by atoms with Gasteiger partial charge in [0.05, 0.1) is 5.39 Å². The van der Waals surface area contributed by atoms with E-state index in [0.717, 1.165) is 21.1 Å². The van der Waals surface area contributed by atoms with E-state index in [2.05, 4.69) is 15.0 Å². The predicted octanol–water partition coefficient (Wildman–Crippen LogP) is 2.96. The van der Waals surface area contributed by atoms with Crippen molar-refractivity contribution in [1.29, 1.82) is 0 Å². The van der Waals surface area contributed by atoms with Crippen LogP contribution in [0.25, 0.3) is 10.2 Å². The number of hydrogen-bond acceptors (Lipinski definition) is 6. The Kier molecular flexibility index (Phi) is 3.12. The van der Waals surface area contributed by atoms with Crippen LogP contribution in [0.2, 0.25) is 0 Å². The molecule has 3 aromatic heterocycles. The topological polar surface area (TPSA) is 64.7 Å². The summed E-state index contributed by atoms with van der Waals surface area (Å²) in [4.78, 5) is 13.7. The van der Waals surface area contributed by atoms with Gasteiger partial charge >= 0.3 is 0 Å². The molecule has 3 aromatic rings. The van der Waals surface area contributed by atoms with Crippen LogP contribution in [0.1, 0.15) is 5.56 Å². The molecular formula is C12H10N4S2. The van der Waals surface area contributed by atoms with E-state index < -0.39 is 0 Å². The van der Waals surface area contributed by atoms with Gasteiger partial charge < -0.3 is 5.73 Å². The first-order valence-corrected chi connectivity index (χ1v) is 7.22. The second-order valence-corrected chi connectivity index (χ2v) is 5.51. The second-order valence-electron chi connectivity index (χ2n) is 3.67. The van der Waals surface area contributed by atoms with E-state index in [9.17, 15) is 0 Å². The SMILES string of the molecule is Nc1nc(SCc2ccncc2)nc2sccc12. The van der Waals surface area contributed by atoms with Gasteiger partial charge in [0.25, 0.3) is 0 Å². The Bertz CT molecular complexity index is 666. The van der Waals surface area contributed by atoms with Crippen LogP contribution >= 0.6 is 23.1 Å². The first kappa shape index (κ1) is 11.4. The van der Waals surface area contributed by atoms with Gasteiger partial charge in [-0.05, 0) is 29.1 Å². The van der Waals surface area contributed by atoms with E-state index >= 15 is 0 Å². The maximum absolute atomic E-state index is 5.90. The molecule has 0 radical (unpaired) electrons. The van der Waals surface area contributed by atoms with Crippen LogP contribution in [0.15, 0.2) is 41.1 Å². The lowest BCUT2D eigenvalue weighted by Gasteiger charge is -2.02. The predicted molar refractivity (Wildman–Crippen MR) is 75.6 cm³/mol. The molecule has 3 rings (SSSR count). The molecule has 3 heterocycles. The minimum absolute atomic E-state index is 0.554. The third-order valence-corrected chi connectivity index (χ3v) is 4.18. The van der Waals surface area contributed by atoms with Crippen molar-refractivity contribution < 1.29 is 0 Å². The summed E-state index contributed by atoms with van der Waals surface area (Å²) >= 11 is 3.17. The zero-order valence-corrected chi connectivity index (χ0v) is 11.0. The fourth-order valence-corrected chi connectivity index (χ4v) is 3.19. The van der Waals surface area contributed by atoms with Crippen LogP contribution in [0.4, 0.5) is 5.82 Å². The number of pyridine rings is 1. The minimum atomic E-state index is 0.554. The average molecular weight is 274 g/mol. The summed E-state index contributed by atoms with van der Waals surface area (Å²) in [5.74, 6) is 1.37. The molecule has 18 heavy (non-hydrogen) atoms. The average Bonchev–Trinajstić information content (AvgIpc) is 2.86. The largest absolute Gasteiger partial charge is 0.383 e. The van der Waals surface area contributed by atoms with Crippen molar-refractivity contribution in [2.75, 3.05) is 5.73 Å². The maximum Gasteiger partial charge on any atom is 0.191 e. The van der Waals surface area contributed by atoms with Gasteiger partial charge in [0.15, 0.2) is 5.16 Å². The Balaban J connectivity index is 1.82.